The van der Waals surface area contributed by atoms with Crippen LogP contribution in [0.5, 0.6) is 0 Å². The third-order valence-corrected chi connectivity index (χ3v) is 7.96. The quantitative estimate of drug-likeness (QED) is 0.577. The summed E-state index contributed by atoms with van der Waals surface area (Å²) in [5.41, 5.74) is -0.0494. The molecule has 2 saturated heterocycles. The first-order chi connectivity index (χ1) is 15.5. The molecule has 3 aliphatic heterocycles. The number of benzene rings is 1. The van der Waals surface area contributed by atoms with Crippen molar-refractivity contribution in [2.45, 2.75) is 67.3 Å². The molecule has 8 nitrogen and oxygen atoms in total. The molecule has 1 aromatic rings. The number of nitrogens with zero attached hydrogens (tertiary/aromatic N) is 1. The number of rotatable bonds is 5. The maximum Gasteiger partial charge on any atom is 0.241 e. The molecule has 1 aromatic carbocycles. The zero-order valence-electron chi connectivity index (χ0n) is 18.2. The summed E-state index contributed by atoms with van der Waals surface area (Å²) < 4.78 is 25.0. The number of anilines is 1. The van der Waals surface area contributed by atoms with Crippen molar-refractivity contribution in [2.24, 2.45) is 0 Å². The first-order valence-electron chi connectivity index (χ1n) is 11.3. The number of aliphatic hydroxyl groups is 1. The standard InChI is InChI=1S/C23H30FN3O5/c1-31-18-9-14(12-32-19(18)11-28)25-20(29)16-10-23(22(26-16)7-4-8-22)15-5-2-3-6-17(15)27(13-24)21(23)30/h2-3,5-6,14,16,18-19,26,28H,4,7-13H2,1H3,(H,25,29)/t14-,16?,18-,19-,23?/m1/s1. The highest BCUT2D eigenvalue weighted by molar-refractivity contribution is 6.10. The second-order valence-corrected chi connectivity index (χ2v) is 9.38. The normalized spacial score (nSPS) is 35.2. The van der Waals surface area contributed by atoms with Gasteiger partial charge in [0.15, 0.2) is 6.80 Å². The molecular formula is C23H30FN3O5. The number of para-hydroxylation sites is 1. The lowest BCUT2D eigenvalue weighted by Crippen LogP contribution is -2.63. The Balaban J connectivity index is 1.39. The first-order valence-corrected chi connectivity index (χ1v) is 11.3. The van der Waals surface area contributed by atoms with Gasteiger partial charge in [-0.25, -0.2) is 4.39 Å². The van der Waals surface area contributed by atoms with Crippen molar-refractivity contribution in [1.29, 1.82) is 0 Å². The number of halogens is 1. The summed E-state index contributed by atoms with van der Waals surface area (Å²) in [5.74, 6) is -0.446. The van der Waals surface area contributed by atoms with Crippen LogP contribution in [0.2, 0.25) is 0 Å². The molecule has 3 heterocycles. The van der Waals surface area contributed by atoms with E-state index in [2.05, 4.69) is 10.6 Å². The number of methoxy groups -OCH3 is 1. The van der Waals surface area contributed by atoms with Crippen molar-refractivity contribution >= 4 is 17.5 Å². The second-order valence-electron chi connectivity index (χ2n) is 9.38. The van der Waals surface area contributed by atoms with Crippen LogP contribution in [-0.2, 0) is 24.5 Å². The van der Waals surface area contributed by atoms with Gasteiger partial charge in [0.2, 0.25) is 11.8 Å². The second kappa shape index (κ2) is 8.06. The topological polar surface area (TPSA) is 100 Å². The zero-order valence-corrected chi connectivity index (χ0v) is 18.2. The summed E-state index contributed by atoms with van der Waals surface area (Å²) >= 11 is 0. The number of ether oxygens (including phenoxy) is 2. The Hall–Kier alpha value is -2.07. The monoisotopic (exact) mass is 447 g/mol. The van der Waals surface area contributed by atoms with Crippen LogP contribution in [0.3, 0.4) is 0 Å². The van der Waals surface area contributed by atoms with Gasteiger partial charge in [0, 0.05) is 12.6 Å². The Morgan fingerprint density at radius 2 is 2.19 bits per heavy atom. The summed E-state index contributed by atoms with van der Waals surface area (Å²) in [6.07, 6.45) is 2.63. The molecule has 2 amide bonds. The number of hydrogen-bond donors (Lipinski definition) is 3. The first kappa shape index (κ1) is 21.8. The van der Waals surface area contributed by atoms with E-state index in [1.807, 2.05) is 18.2 Å². The SMILES string of the molecule is CO[C@@H]1C[C@@H](NC(=O)C2CC3(C(=O)N(CF)c4ccccc43)C3(CCC3)N2)CO[C@@H]1CO. The van der Waals surface area contributed by atoms with Gasteiger partial charge in [-0.05, 0) is 43.7 Å². The van der Waals surface area contributed by atoms with Gasteiger partial charge in [0.05, 0.1) is 42.5 Å². The molecule has 0 radical (unpaired) electrons. The van der Waals surface area contributed by atoms with E-state index in [0.29, 0.717) is 18.5 Å². The van der Waals surface area contributed by atoms with E-state index < -0.39 is 29.9 Å². The van der Waals surface area contributed by atoms with Crippen molar-refractivity contribution in [1.82, 2.24) is 10.6 Å². The molecule has 4 aliphatic rings. The molecule has 0 aromatic heterocycles. The molecule has 5 rings (SSSR count). The predicted molar refractivity (Wildman–Crippen MR) is 114 cm³/mol. The highest BCUT2D eigenvalue weighted by Gasteiger charge is 2.70. The van der Waals surface area contributed by atoms with Gasteiger partial charge in [-0.15, -0.1) is 0 Å². The minimum atomic E-state index is -0.934. The number of fused-ring (bicyclic) bond motifs is 3. The fourth-order valence-corrected chi connectivity index (χ4v) is 6.24. The Kier molecular flexibility index (Phi) is 5.48. The van der Waals surface area contributed by atoms with E-state index in [1.165, 1.54) is 4.90 Å². The number of alkyl halides is 1. The van der Waals surface area contributed by atoms with Crippen LogP contribution in [0, 0.1) is 0 Å². The Bertz CT molecular complexity index is 909. The van der Waals surface area contributed by atoms with Gasteiger partial charge in [-0.1, -0.05) is 18.2 Å². The number of hydrogen-bond acceptors (Lipinski definition) is 6. The van der Waals surface area contributed by atoms with Crippen LogP contribution in [0.4, 0.5) is 10.1 Å². The summed E-state index contributed by atoms with van der Waals surface area (Å²) in [5, 5.41) is 16.0. The van der Waals surface area contributed by atoms with Crippen LogP contribution in [0.1, 0.15) is 37.7 Å². The molecule has 174 valence electrons. The molecule has 2 spiro atoms. The average molecular weight is 448 g/mol. The van der Waals surface area contributed by atoms with Crippen LogP contribution >= 0.6 is 0 Å². The lowest BCUT2D eigenvalue weighted by Gasteiger charge is -2.49. The highest BCUT2D eigenvalue weighted by Crippen LogP contribution is 2.60. The third-order valence-electron chi connectivity index (χ3n) is 7.96. The molecule has 2 unspecified atom stereocenters. The molecule has 1 aliphatic carbocycles. The molecule has 9 heteroatoms. The van der Waals surface area contributed by atoms with Crippen molar-refractivity contribution in [3.05, 3.63) is 29.8 Å². The lowest BCUT2D eigenvalue weighted by atomic mass is 9.57. The van der Waals surface area contributed by atoms with Gasteiger partial charge >= 0.3 is 0 Å². The number of nitrogens with one attached hydrogen (secondary N) is 2. The maximum absolute atomic E-state index is 13.9. The summed E-state index contributed by atoms with van der Waals surface area (Å²) in [6.45, 7) is -0.730. The predicted octanol–water partition coefficient (Wildman–Crippen LogP) is 0.764. The Labute approximate surface area is 186 Å². The fraction of sp³-hybridized carbons (Fsp3) is 0.652. The fourth-order valence-electron chi connectivity index (χ4n) is 6.24. The molecule has 3 N–H and O–H groups in total. The zero-order chi connectivity index (χ0) is 22.5. The van der Waals surface area contributed by atoms with Crippen molar-refractivity contribution in [3.63, 3.8) is 0 Å². The van der Waals surface area contributed by atoms with Crippen LogP contribution in [0.25, 0.3) is 0 Å². The van der Waals surface area contributed by atoms with Crippen molar-refractivity contribution < 1.29 is 28.6 Å². The van der Waals surface area contributed by atoms with E-state index >= 15 is 0 Å². The van der Waals surface area contributed by atoms with Gasteiger partial charge < -0.3 is 19.9 Å². The number of carbonyl (C=O) groups is 2. The molecular weight excluding hydrogens is 417 g/mol. The van der Waals surface area contributed by atoms with E-state index in [4.69, 9.17) is 9.47 Å². The lowest BCUT2D eigenvalue weighted by molar-refractivity contribution is -0.134. The van der Waals surface area contributed by atoms with E-state index in [0.717, 1.165) is 24.8 Å². The van der Waals surface area contributed by atoms with E-state index in [-0.39, 0.29) is 37.2 Å². The average Bonchev–Trinajstić information content (AvgIpc) is 3.28. The van der Waals surface area contributed by atoms with Crippen LogP contribution < -0.4 is 15.5 Å². The maximum atomic E-state index is 13.9. The van der Waals surface area contributed by atoms with Crippen molar-refractivity contribution in [2.75, 3.05) is 32.0 Å². The number of amides is 2. The molecule has 5 atom stereocenters. The van der Waals surface area contributed by atoms with E-state index in [1.54, 1.807) is 13.2 Å². The largest absolute Gasteiger partial charge is 0.394 e. The third kappa shape index (κ3) is 2.95. The molecule has 0 bridgehead atoms. The molecule has 3 fully saturated rings. The minimum Gasteiger partial charge on any atom is -0.394 e. The van der Waals surface area contributed by atoms with Crippen LogP contribution in [-0.4, -0.2) is 73.9 Å². The van der Waals surface area contributed by atoms with E-state index in [9.17, 15) is 19.1 Å². The Morgan fingerprint density at radius 3 is 2.84 bits per heavy atom. The smallest absolute Gasteiger partial charge is 0.241 e. The van der Waals surface area contributed by atoms with Gasteiger partial charge in [0.25, 0.3) is 0 Å². The minimum absolute atomic E-state index is 0.138. The summed E-state index contributed by atoms with van der Waals surface area (Å²) in [6, 6.07) is 6.55. The van der Waals surface area contributed by atoms with Gasteiger partial charge in [-0.2, -0.15) is 0 Å². The number of aliphatic hydroxyl groups excluding tert-OH is 1. The van der Waals surface area contributed by atoms with Gasteiger partial charge in [0.1, 0.15) is 6.10 Å². The molecule has 1 saturated carbocycles. The summed E-state index contributed by atoms with van der Waals surface area (Å²) in [7, 11) is 1.56. The highest BCUT2D eigenvalue weighted by atomic mass is 19.1. The van der Waals surface area contributed by atoms with Gasteiger partial charge in [-0.3, -0.25) is 19.8 Å². The van der Waals surface area contributed by atoms with Crippen molar-refractivity contribution in [3.8, 4) is 0 Å². The molecule has 32 heavy (non-hydrogen) atoms. The summed E-state index contributed by atoms with van der Waals surface area (Å²) in [4.78, 5) is 28.1. The Morgan fingerprint density at radius 1 is 1.41 bits per heavy atom. The number of carbonyl (C=O) groups excluding carboxylic acids is 2. The van der Waals surface area contributed by atoms with Crippen LogP contribution in [0.15, 0.2) is 24.3 Å².